The maximum absolute atomic E-state index is 14.9. The number of rotatable bonds is 18. The molecule has 0 fully saturated rings. The van der Waals surface area contributed by atoms with Crippen LogP contribution in [0, 0.1) is 18.6 Å². The highest BCUT2D eigenvalue weighted by atomic mass is 19.1. The van der Waals surface area contributed by atoms with Crippen LogP contribution in [0.4, 0.5) is 8.78 Å². The number of hydrogen-bond acceptors (Lipinski definition) is 8. The first-order valence-corrected chi connectivity index (χ1v) is 13.2. The summed E-state index contributed by atoms with van der Waals surface area (Å²) in [4.78, 5) is 28.6. The molecule has 0 bridgehead atoms. The molecule has 9 nitrogen and oxygen atoms in total. The Bertz CT molecular complexity index is 1280. The van der Waals surface area contributed by atoms with Crippen LogP contribution in [0.2, 0.25) is 0 Å². The van der Waals surface area contributed by atoms with Gasteiger partial charge in [0.05, 0.1) is 77.8 Å². The van der Waals surface area contributed by atoms with Gasteiger partial charge in [-0.1, -0.05) is 24.3 Å². The molecule has 1 heterocycles. The van der Waals surface area contributed by atoms with Crippen LogP contribution in [0.1, 0.15) is 37.5 Å². The monoisotopic (exact) mass is 575 g/mol. The number of carbonyl (C=O) groups is 2. The SMILES string of the molecule is COC(=O)c1c[nH]c(C(=O)c2ccc(CCOCCOCCOCCOCCO)cc2)c1-c1c(F)ccc(F)c1C. The molecule has 2 N–H and O–H groups in total. The third-order valence-corrected chi connectivity index (χ3v) is 6.21. The van der Waals surface area contributed by atoms with E-state index in [1.165, 1.54) is 20.2 Å². The molecule has 3 aromatic rings. The number of esters is 1. The van der Waals surface area contributed by atoms with Crippen molar-refractivity contribution in [3.63, 3.8) is 0 Å². The molecular formula is C30H35F2NO8. The lowest BCUT2D eigenvalue weighted by molar-refractivity contribution is -0.00522. The van der Waals surface area contributed by atoms with E-state index in [9.17, 15) is 18.4 Å². The Kier molecular flexibility index (Phi) is 13.1. The first kappa shape index (κ1) is 32.0. The van der Waals surface area contributed by atoms with Gasteiger partial charge in [0, 0.05) is 22.9 Å². The average Bonchev–Trinajstić information content (AvgIpc) is 3.42. The lowest BCUT2D eigenvalue weighted by Crippen LogP contribution is -2.13. The fourth-order valence-corrected chi connectivity index (χ4v) is 4.08. The van der Waals surface area contributed by atoms with Gasteiger partial charge in [-0.05, 0) is 36.6 Å². The van der Waals surface area contributed by atoms with Gasteiger partial charge in [-0.3, -0.25) is 4.79 Å². The van der Waals surface area contributed by atoms with Gasteiger partial charge in [0.1, 0.15) is 11.6 Å². The summed E-state index contributed by atoms with van der Waals surface area (Å²) in [6.45, 7) is 4.72. The number of H-pyrrole nitrogens is 1. The molecule has 0 saturated heterocycles. The van der Waals surface area contributed by atoms with Gasteiger partial charge in [0.15, 0.2) is 0 Å². The van der Waals surface area contributed by atoms with E-state index in [1.807, 2.05) is 0 Å². The Morgan fingerprint density at radius 1 is 0.780 bits per heavy atom. The Hall–Kier alpha value is -3.48. The van der Waals surface area contributed by atoms with Gasteiger partial charge in [0.2, 0.25) is 5.78 Å². The van der Waals surface area contributed by atoms with E-state index in [0.717, 1.165) is 17.7 Å². The number of ketones is 1. The molecule has 0 saturated carbocycles. The fraction of sp³-hybridized carbons (Fsp3) is 0.400. The molecule has 0 unspecified atom stereocenters. The number of methoxy groups -OCH3 is 1. The standard InChI is InChI=1S/C30H35F2NO8/c1-20-24(31)7-8-25(32)26(20)27-23(30(36)37-2)19-33-28(27)29(35)22-5-3-21(4-6-22)9-11-38-13-15-40-17-18-41-16-14-39-12-10-34/h3-8,19,33-34H,9-18H2,1-2H3. The Labute approximate surface area is 237 Å². The summed E-state index contributed by atoms with van der Waals surface area (Å²) in [6, 6.07) is 8.78. The summed E-state index contributed by atoms with van der Waals surface area (Å²) in [6.07, 6.45) is 1.87. The van der Waals surface area contributed by atoms with Crippen LogP contribution in [0.15, 0.2) is 42.6 Å². The number of nitrogens with one attached hydrogen (secondary N) is 1. The largest absolute Gasteiger partial charge is 0.465 e. The number of ether oxygens (including phenoxy) is 5. The van der Waals surface area contributed by atoms with E-state index in [4.69, 9.17) is 28.8 Å². The first-order valence-electron chi connectivity index (χ1n) is 13.2. The summed E-state index contributed by atoms with van der Waals surface area (Å²) in [5.74, 6) is -2.70. The molecule has 0 spiro atoms. The van der Waals surface area contributed by atoms with Crippen molar-refractivity contribution in [2.75, 3.05) is 66.6 Å². The minimum Gasteiger partial charge on any atom is -0.465 e. The second-order valence-corrected chi connectivity index (χ2v) is 8.92. The predicted molar refractivity (Wildman–Crippen MR) is 146 cm³/mol. The van der Waals surface area contributed by atoms with E-state index in [2.05, 4.69) is 4.98 Å². The van der Waals surface area contributed by atoms with Crippen molar-refractivity contribution in [2.24, 2.45) is 0 Å². The highest BCUT2D eigenvalue weighted by molar-refractivity contribution is 6.15. The second-order valence-electron chi connectivity index (χ2n) is 8.92. The zero-order valence-electron chi connectivity index (χ0n) is 23.2. The number of carbonyl (C=O) groups excluding carboxylic acids is 2. The second kappa shape index (κ2) is 16.7. The Balaban J connectivity index is 1.53. The highest BCUT2D eigenvalue weighted by Crippen LogP contribution is 2.35. The fourth-order valence-electron chi connectivity index (χ4n) is 4.08. The maximum Gasteiger partial charge on any atom is 0.340 e. The zero-order chi connectivity index (χ0) is 29.6. The van der Waals surface area contributed by atoms with Crippen molar-refractivity contribution >= 4 is 11.8 Å². The van der Waals surface area contributed by atoms with Crippen LogP contribution in [0.5, 0.6) is 0 Å². The molecule has 0 radical (unpaired) electrons. The van der Waals surface area contributed by atoms with Gasteiger partial charge in [-0.15, -0.1) is 0 Å². The summed E-state index contributed by atoms with van der Waals surface area (Å²) in [5.41, 5.74) is 0.872. The molecule has 0 atom stereocenters. The number of halogens is 2. The van der Waals surface area contributed by atoms with E-state index in [-0.39, 0.29) is 34.6 Å². The summed E-state index contributed by atoms with van der Waals surface area (Å²) in [5, 5.41) is 8.60. The van der Waals surface area contributed by atoms with Crippen LogP contribution < -0.4 is 0 Å². The van der Waals surface area contributed by atoms with Crippen molar-refractivity contribution in [1.82, 2.24) is 4.98 Å². The minimum atomic E-state index is -0.784. The van der Waals surface area contributed by atoms with Gasteiger partial charge < -0.3 is 33.8 Å². The topological polar surface area (TPSA) is 116 Å². The molecule has 11 heteroatoms. The third kappa shape index (κ3) is 9.00. The normalized spacial score (nSPS) is 11.1. The smallest absolute Gasteiger partial charge is 0.340 e. The van der Waals surface area contributed by atoms with Crippen molar-refractivity contribution in [1.29, 1.82) is 0 Å². The van der Waals surface area contributed by atoms with Crippen molar-refractivity contribution in [3.8, 4) is 11.1 Å². The summed E-state index contributed by atoms with van der Waals surface area (Å²) in [7, 11) is 1.17. The summed E-state index contributed by atoms with van der Waals surface area (Å²) < 4.78 is 55.5. The van der Waals surface area contributed by atoms with Crippen LogP contribution in [-0.2, 0) is 30.1 Å². The Morgan fingerprint density at radius 3 is 1.93 bits per heavy atom. The molecule has 2 aromatic carbocycles. The average molecular weight is 576 g/mol. The van der Waals surface area contributed by atoms with E-state index in [0.29, 0.717) is 64.8 Å². The van der Waals surface area contributed by atoms with Crippen LogP contribution in [0.3, 0.4) is 0 Å². The van der Waals surface area contributed by atoms with Crippen molar-refractivity contribution in [3.05, 3.63) is 82.2 Å². The van der Waals surface area contributed by atoms with Crippen molar-refractivity contribution < 1.29 is 47.2 Å². The molecule has 1 aromatic heterocycles. The van der Waals surface area contributed by atoms with E-state index < -0.39 is 23.4 Å². The van der Waals surface area contributed by atoms with E-state index >= 15 is 0 Å². The molecule has 0 aliphatic carbocycles. The number of benzene rings is 2. The molecule has 3 rings (SSSR count). The van der Waals surface area contributed by atoms with Gasteiger partial charge in [0.25, 0.3) is 0 Å². The van der Waals surface area contributed by atoms with Gasteiger partial charge in [-0.2, -0.15) is 0 Å². The molecule has 0 aliphatic heterocycles. The molecule has 41 heavy (non-hydrogen) atoms. The number of aliphatic hydroxyl groups excluding tert-OH is 1. The quantitative estimate of drug-likeness (QED) is 0.133. The van der Waals surface area contributed by atoms with Crippen LogP contribution >= 0.6 is 0 Å². The molecule has 0 aliphatic rings. The predicted octanol–water partition coefficient (Wildman–Crippen LogP) is 3.89. The minimum absolute atomic E-state index is 0.00825. The number of aromatic nitrogens is 1. The van der Waals surface area contributed by atoms with Crippen molar-refractivity contribution in [2.45, 2.75) is 13.3 Å². The van der Waals surface area contributed by atoms with Gasteiger partial charge in [-0.25, -0.2) is 13.6 Å². The lowest BCUT2D eigenvalue weighted by Gasteiger charge is -2.12. The maximum atomic E-state index is 14.9. The van der Waals surface area contributed by atoms with Gasteiger partial charge >= 0.3 is 5.97 Å². The van der Waals surface area contributed by atoms with E-state index in [1.54, 1.807) is 24.3 Å². The Morgan fingerprint density at radius 2 is 1.34 bits per heavy atom. The zero-order valence-corrected chi connectivity index (χ0v) is 23.2. The number of aliphatic hydroxyl groups is 1. The number of aromatic amines is 1. The highest BCUT2D eigenvalue weighted by Gasteiger charge is 2.28. The van der Waals surface area contributed by atoms with Crippen LogP contribution in [0.25, 0.3) is 11.1 Å². The molecule has 0 amide bonds. The molecule has 222 valence electrons. The lowest BCUT2D eigenvalue weighted by atomic mass is 9.93. The summed E-state index contributed by atoms with van der Waals surface area (Å²) >= 11 is 0. The first-order chi connectivity index (χ1) is 19.9. The molecular weight excluding hydrogens is 540 g/mol. The third-order valence-electron chi connectivity index (χ3n) is 6.21. The van der Waals surface area contributed by atoms with Crippen LogP contribution in [-0.4, -0.2) is 88.4 Å². The number of hydrogen-bond donors (Lipinski definition) is 2.